The number of aromatic nitrogens is 2. The third-order valence-electron chi connectivity index (χ3n) is 5.15. The molecule has 0 bridgehead atoms. The Bertz CT molecular complexity index is 1150. The average molecular weight is 450 g/mol. The molecule has 2 fully saturated rings. The zero-order chi connectivity index (χ0) is 20.0. The normalized spacial score (nSPS) is 18.3. The molecule has 1 aliphatic carbocycles. The molecular formula is C19H20ClN5O2S2. The van der Waals surface area contributed by atoms with Crippen LogP contribution in [0.4, 0.5) is 11.6 Å². The molecule has 1 N–H and O–H groups in total. The van der Waals surface area contributed by atoms with E-state index in [2.05, 4.69) is 10.2 Å². The summed E-state index contributed by atoms with van der Waals surface area (Å²) < 4.78 is 28.0. The minimum Gasteiger partial charge on any atom is -0.364 e. The minimum atomic E-state index is -3.51. The molecule has 0 spiro atoms. The summed E-state index contributed by atoms with van der Waals surface area (Å²) >= 11 is 7.02. The number of fused-ring (bicyclic) bond motifs is 1. The van der Waals surface area contributed by atoms with Crippen LogP contribution >= 0.6 is 22.9 Å². The molecular weight excluding hydrogens is 430 g/mol. The second-order valence-electron chi connectivity index (χ2n) is 7.25. The van der Waals surface area contributed by atoms with Crippen LogP contribution in [0.2, 0.25) is 4.34 Å². The number of anilines is 2. The Morgan fingerprint density at radius 1 is 1.00 bits per heavy atom. The van der Waals surface area contributed by atoms with Crippen molar-refractivity contribution in [2.24, 2.45) is 0 Å². The Balaban J connectivity index is 1.39. The van der Waals surface area contributed by atoms with Crippen LogP contribution in [0, 0.1) is 0 Å². The van der Waals surface area contributed by atoms with Crippen molar-refractivity contribution in [3.05, 3.63) is 40.7 Å². The third-order valence-corrected chi connectivity index (χ3v) is 8.75. The van der Waals surface area contributed by atoms with Crippen LogP contribution in [0.5, 0.6) is 0 Å². The maximum absolute atomic E-state index is 12.9. The van der Waals surface area contributed by atoms with E-state index in [-0.39, 0.29) is 4.21 Å². The Hall–Kier alpha value is -1.94. The lowest BCUT2D eigenvalue weighted by atomic mass is 10.3. The fourth-order valence-corrected chi connectivity index (χ4v) is 6.49. The van der Waals surface area contributed by atoms with Crippen molar-refractivity contribution in [3.8, 4) is 0 Å². The van der Waals surface area contributed by atoms with E-state index in [1.165, 1.54) is 4.31 Å². The molecule has 1 aromatic carbocycles. The highest BCUT2D eigenvalue weighted by atomic mass is 35.5. The van der Waals surface area contributed by atoms with Crippen LogP contribution in [-0.2, 0) is 10.0 Å². The number of thiophene rings is 1. The highest BCUT2D eigenvalue weighted by molar-refractivity contribution is 7.91. The second kappa shape index (κ2) is 7.39. The van der Waals surface area contributed by atoms with Gasteiger partial charge in [0.15, 0.2) is 11.6 Å². The molecule has 0 amide bonds. The number of nitrogens with one attached hydrogen (secondary N) is 1. The van der Waals surface area contributed by atoms with Crippen LogP contribution in [0.1, 0.15) is 12.8 Å². The Morgan fingerprint density at radius 3 is 2.31 bits per heavy atom. The summed E-state index contributed by atoms with van der Waals surface area (Å²) in [7, 11) is -3.51. The fraction of sp³-hybridized carbons (Fsp3) is 0.368. The van der Waals surface area contributed by atoms with Crippen LogP contribution in [0.25, 0.3) is 11.0 Å². The van der Waals surface area contributed by atoms with Crippen LogP contribution < -0.4 is 10.2 Å². The predicted molar refractivity (Wildman–Crippen MR) is 116 cm³/mol. The molecule has 0 atom stereocenters. The van der Waals surface area contributed by atoms with E-state index in [1.807, 2.05) is 24.3 Å². The number of sulfonamides is 1. The summed E-state index contributed by atoms with van der Waals surface area (Å²) in [5.74, 6) is 1.58. The number of nitrogens with zero attached hydrogens (tertiary/aromatic N) is 4. The van der Waals surface area contributed by atoms with Gasteiger partial charge in [0.25, 0.3) is 10.0 Å². The number of rotatable bonds is 5. The van der Waals surface area contributed by atoms with Gasteiger partial charge >= 0.3 is 0 Å². The lowest BCUT2D eigenvalue weighted by Gasteiger charge is -2.35. The van der Waals surface area contributed by atoms with Crippen molar-refractivity contribution in [3.63, 3.8) is 0 Å². The van der Waals surface area contributed by atoms with E-state index in [0.717, 1.165) is 46.8 Å². The van der Waals surface area contributed by atoms with Gasteiger partial charge in [0, 0.05) is 32.2 Å². The lowest BCUT2D eigenvalue weighted by Crippen LogP contribution is -2.49. The van der Waals surface area contributed by atoms with Crippen molar-refractivity contribution >= 4 is 55.6 Å². The first-order chi connectivity index (χ1) is 14.0. The summed E-state index contributed by atoms with van der Waals surface area (Å²) in [6.45, 7) is 1.92. The maximum atomic E-state index is 12.9. The molecule has 152 valence electrons. The van der Waals surface area contributed by atoms with Gasteiger partial charge in [-0.1, -0.05) is 23.7 Å². The zero-order valence-electron chi connectivity index (χ0n) is 15.6. The largest absolute Gasteiger partial charge is 0.364 e. The van der Waals surface area contributed by atoms with E-state index < -0.39 is 10.0 Å². The third kappa shape index (κ3) is 3.79. The van der Waals surface area contributed by atoms with E-state index in [9.17, 15) is 8.42 Å². The predicted octanol–water partition coefficient (Wildman–Crippen LogP) is 3.43. The molecule has 2 aromatic heterocycles. The number of halogens is 1. The molecule has 3 heterocycles. The van der Waals surface area contributed by atoms with Gasteiger partial charge in [-0.3, -0.25) is 0 Å². The Labute approximate surface area is 178 Å². The van der Waals surface area contributed by atoms with E-state index in [0.29, 0.717) is 36.6 Å². The van der Waals surface area contributed by atoms with Crippen LogP contribution in [0.15, 0.2) is 40.6 Å². The average Bonchev–Trinajstić information content (AvgIpc) is 3.43. The van der Waals surface area contributed by atoms with Crippen LogP contribution in [-0.4, -0.2) is 54.9 Å². The van der Waals surface area contributed by atoms with Crippen molar-refractivity contribution in [1.82, 2.24) is 14.3 Å². The number of benzene rings is 1. The van der Waals surface area contributed by atoms with E-state index >= 15 is 0 Å². The summed E-state index contributed by atoms with van der Waals surface area (Å²) in [4.78, 5) is 11.8. The molecule has 2 aliphatic rings. The molecule has 7 nitrogen and oxygen atoms in total. The summed E-state index contributed by atoms with van der Waals surface area (Å²) in [6, 6.07) is 11.5. The first-order valence-corrected chi connectivity index (χ1v) is 12.2. The van der Waals surface area contributed by atoms with E-state index in [4.69, 9.17) is 21.6 Å². The Kier molecular flexibility index (Phi) is 4.85. The van der Waals surface area contributed by atoms with Crippen molar-refractivity contribution in [2.45, 2.75) is 23.1 Å². The Morgan fingerprint density at radius 2 is 1.69 bits per heavy atom. The van der Waals surface area contributed by atoms with Crippen molar-refractivity contribution in [1.29, 1.82) is 0 Å². The molecule has 5 rings (SSSR count). The van der Waals surface area contributed by atoms with E-state index in [1.54, 1.807) is 12.1 Å². The number of para-hydroxylation sites is 2. The molecule has 0 unspecified atom stereocenters. The number of hydrogen-bond donors (Lipinski definition) is 1. The summed E-state index contributed by atoms with van der Waals surface area (Å²) in [5.41, 5.74) is 1.70. The van der Waals surface area contributed by atoms with Crippen molar-refractivity contribution < 1.29 is 8.42 Å². The topological polar surface area (TPSA) is 78.4 Å². The highest BCUT2D eigenvalue weighted by Crippen LogP contribution is 2.32. The van der Waals surface area contributed by atoms with Gasteiger partial charge in [-0.25, -0.2) is 18.4 Å². The van der Waals surface area contributed by atoms with Gasteiger partial charge in [0.05, 0.1) is 15.4 Å². The highest BCUT2D eigenvalue weighted by Gasteiger charge is 2.32. The maximum Gasteiger partial charge on any atom is 0.252 e. The molecule has 29 heavy (non-hydrogen) atoms. The summed E-state index contributed by atoms with van der Waals surface area (Å²) in [6.07, 6.45) is 2.28. The molecule has 0 radical (unpaired) electrons. The standard InChI is InChI=1S/C19H20ClN5O2S2/c20-16-7-8-17(28-16)29(26,27)25-11-9-24(10-12-25)19-18(21-13-5-6-13)22-14-3-1-2-4-15(14)23-19/h1-4,7-8,13H,5-6,9-12H2,(H,21,22). The second-order valence-corrected chi connectivity index (χ2v) is 11.1. The van der Waals surface area contributed by atoms with Crippen molar-refractivity contribution in [2.75, 3.05) is 36.4 Å². The van der Waals surface area contributed by atoms with Gasteiger partial charge < -0.3 is 10.2 Å². The van der Waals surface area contributed by atoms with Gasteiger partial charge in [-0.2, -0.15) is 4.31 Å². The number of piperazine rings is 1. The molecule has 1 saturated carbocycles. The zero-order valence-corrected chi connectivity index (χ0v) is 18.0. The molecule has 3 aromatic rings. The smallest absolute Gasteiger partial charge is 0.252 e. The molecule has 1 saturated heterocycles. The monoisotopic (exact) mass is 449 g/mol. The first kappa shape index (κ1) is 19.0. The van der Waals surface area contributed by atoms with Gasteiger partial charge in [0.2, 0.25) is 0 Å². The first-order valence-electron chi connectivity index (χ1n) is 9.54. The minimum absolute atomic E-state index is 0.289. The van der Waals surface area contributed by atoms with Gasteiger partial charge in [-0.15, -0.1) is 11.3 Å². The SMILES string of the molecule is O=S(=O)(c1ccc(Cl)s1)N1CCN(c2nc3ccccc3nc2NC2CC2)CC1. The summed E-state index contributed by atoms with van der Waals surface area (Å²) in [5, 5.41) is 3.48. The van der Waals surface area contributed by atoms with Crippen LogP contribution in [0.3, 0.4) is 0 Å². The number of hydrogen-bond acceptors (Lipinski definition) is 7. The quantitative estimate of drug-likeness (QED) is 0.643. The van der Waals surface area contributed by atoms with Gasteiger partial charge in [0.1, 0.15) is 4.21 Å². The molecule has 10 heteroatoms. The molecule has 1 aliphatic heterocycles. The van der Waals surface area contributed by atoms with Gasteiger partial charge in [-0.05, 0) is 37.1 Å². The fourth-order valence-electron chi connectivity index (χ4n) is 3.43. The lowest BCUT2D eigenvalue weighted by molar-refractivity contribution is 0.385.